The van der Waals surface area contributed by atoms with Gasteiger partial charge in [-0.25, -0.2) is 0 Å². The second-order valence-electron chi connectivity index (χ2n) is 6.00. The molecule has 1 saturated heterocycles. The molecule has 1 aromatic rings. The van der Waals surface area contributed by atoms with E-state index in [1.54, 1.807) is 18.9 Å². The van der Waals surface area contributed by atoms with Crippen LogP contribution < -0.4 is 5.32 Å². The van der Waals surface area contributed by atoms with Crippen molar-refractivity contribution in [3.8, 4) is 0 Å². The van der Waals surface area contributed by atoms with Gasteiger partial charge >= 0.3 is 0 Å². The zero-order valence-corrected chi connectivity index (χ0v) is 12.9. The molecule has 5 heteroatoms. The molecule has 114 valence electrons. The highest BCUT2D eigenvalue weighted by Gasteiger charge is 2.46. The molecule has 21 heavy (non-hydrogen) atoms. The lowest BCUT2D eigenvalue weighted by atomic mass is 9.92. The molecule has 1 fully saturated rings. The molecular weight excluding hydrogens is 268 g/mol. The Labute approximate surface area is 125 Å². The summed E-state index contributed by atoms with van der Waals surface area (Å²) in [5, 5.41) is 2.75. The molecule has 0 aromatic heterocycles. The molecular formula is C16H22N2O3. The maximum absolute atomic E-state index is 12.6. The minimum absolute atomic E-state index is 0.0921. The van der Waals surface area contributed by atoms with Gasteiger partial charge in [-0.1, -0.05) is 30.3 Å². The molecule has 2 unspecified atom stereocenters. The fourth-order valence-electron chi connectivity index (χ4n) is 2.81. The van der Waals surface area contributed by atoms with Crippen molar-refractivity contribution in [2.24, 2.45) is 0 Å². The topological polar surface area (TPSA) is 58.6 Å². The quantitative estimate of drug-likeness (QED) is 0.914. The third kappa shape index (κ3) is 2.93. The van der Waals surface area contributed by atoms with E-state index in [1.165, 1.54) is 0 Å². The molecule has 0 saturated carbocycles. The monoisotopic (exact) mass is 290 g/mol. The Kier molecular flexibility index (Phi) is 4.32. The number of nitrogens with zero attached hydrogens (tertiary/aromatic N) is 1. The first kappa shape index (κ1) is 15.5. The van der Waals surface area contributed by atoms with Crippen molar-refractivity contribution in [1.82, 2.24) is 10.2 Å². The molecule has 2 atom stereocenters. The molecule has 1 aromatic carbocycles. The van der Waals surface area contributed by atoms with Crippen LogP contribution >= 0.6 is 0 Å². The zero-order chi connectivity index (χ0) is 15.6. The average molecular weight is 290 g/mol. The first-order valence-electron chi connectivity index (χ1n) is 7.06. The number of carbonyl (C=O) groups excluding carboxylic acids is 2. The zero-order valence-electron chi connectivity index (χ0n) is 12.9. The molecule has 1 aliphatic heterocycles. The summed E-state index contributed by atoms with van der Waals surface area (Å²) in [5.74, 6) is -0.247. The van der Waals surface area contributed by atoms with Crippen LogP contribution in [0.5, 0.6) is 0 Å². The fourth-order valence-corrected chi connectivity index (χ4v) is 2.81. The van der Waals surface area contributed by atoms with E-state index in [1.807, 2.05) is 44.2 Å². The van der Waals surface area contributed by atoms with E-state index in [0.29, 0.717) is 6.61 Å². The highest BCUT2D eigenvalue weighted by atomic mass is 16.5. The summed E-state index contributed by atoms with van der Waals surface area (Å²) in [6, 6.07) is 8.21. The highest BCUT2D eigenvalue weighted by molar-refractivity contribution is 5.97. The van der Waals surface area contributed by atoms with Crippen molar-refractivity contribution in [3.05, 3.63) is 35.9 Å². The Morgan fingerprint density at radius 3 is 2.43 bits per heavy atom. The minimum atomic E-state index is -0.625. The Bertz CT molecular complexity index is 528. The summed E-state index contributed by atoms with van der Waals surface area (Å²) >= 11 is 0. The van der Waals surface area contributed by atoms with Gasteiger partial charge in [0.25, 0.3) is 0 Å². The Hall–Kier alpha value is -1.88. The normalized spacial score (nSPS) is 23.1. The van der Waals surface area contributed by atoms with Crippen molar-refractivity contribution < 1.29 is 14.3 Å². The summed E-state index contributed by atoms with van der Waals surface area (Å²) in [7, 11) is 1.59. The maximum atomic E-state index is 12.6. The first-order chi connectivity index (χ1) is 9.88. The van der Waals surface area contributed by atoms with E-state index >= 15 is 0 Å². The fraction of sp³-hybridized carbons (Fsp3) is 0.500. The van der Waals surface area contributed by atoms with Gasteiger partial charge in [-0.3, -0.25) is 9.59 Å². The van der Waals surface area contributed by atoms with Gasteiger partial charge in [-0.2, -0.15) is 0 Å². The summed E-state index contributed by atoms with van der Waals surface area (Å²) in [6.45, 7) is 5.89. The number of hydrogen-bond donors (Lipinski definition) is 1. The van der Waals surface area contributed by atoms with Crippen molar-refractivity contribution >= 4 is 11.8 Å². The lowest BCUT2D eigenvalue weighted by molar-refractivity contribution is -0.158. The van der Waals surface area contributed by atoms with Crippen molar-refractivity contribution in [3.63, 3.8) is 0 Å². The molecule has 0 spiro atoms. The standard InChI is InChI=1S/C16H22N2O3/c1-11-15(20)18(16(2,3)10-21-4)13(14(19)17-11)12-8-6-5-7-9-12/h5-9,11,13H,10H2,1-4H3,(H,17,19). The summed E-state index contributed by atoms with van der Waals surface area (Å²) < 4.78 is 5.24. The molecule has 0 aliphatic carbocycles. The number of piperazine rings is 1. The van der Waals surface area contributed by atoms with Crippen molar-refractivity contribution in [2.45, 2.75) is 38.4 Å². The molecule has 1 N–H and O–H groups in total. The van der Waals surface area contributed by atoms with Gasteiger partial charge in [0, 0.05) is 7.11 Å². The first-order valence-corrected chi connectivity index (χ1v) is 7.06. The van der Waals surface area contributed by atoms with Crippen LogP contribution in [-0.4, -0.2) is 42.0 Å². The SMILES string of the molecule is COCC(C)(C)N1C(=O)C(C)NC(=O)C1c1ccccc1. The summed E-state index contributed by atoms with van der Waals surface area (Å²) in [5.41, 5.74) is 0.234. The van der Waals surface area contributed by atoms with Crippen molar-refractivity contribution in [1.29, 1.82) is 0 Å². The smallest absolute Gasteiger partial charge is 0.248 e. The minimum Gasteiger partial charge on any atom is -0.382 e. The van der Waals surface area contributed by atoms with Crippen molar-refractivity contribution in [2.75, 3.05) is 13.7 Å². The van der Waals surface area contributed by atoms with E-state index in [9.17, 15) is 9.59 Å². The third-order valence-corrected chi connectivity index (χ3v) is 3.74. The van der Waals surface area contributed by atoms with Gasteiger partial charge in [0.05, 0.1) is 12.1 Å². The Morgan fingerprint density at radius 1 is 1.24 bits per heavy atom. The van der Waals surface area contributed by atoms with E-state index in [0.717, 1.165) is 5.56 Å². The van der Waals surface area contributed by atoms with Crippen LogP contribution in [0.25, 0.3) is 0 Å². The van der Waals surface area contributed by atoms with Gasteiger partial charge in [0.2, 0.25) is 11.8 Å². The molecule has 5 nitrogen and oxygen atoms in total. The van der Waals surface area contributed by atoms with Gasteiger partial charge in [-0.05, 0) is 26.3 Å². The van der Waals surface area contributed by atoms with Crippen LogP contribution in [-0.2, 0) is 14.3 Å². The number of methoxy groups -OCH3 is 1. The van der Waals surface area contributed by atoms with Crippen LogP contribution in [0, 0.1) is 0 Å². The largest absolute Gasteiger partial charge is 0.382 e. The molecule has 2 amide bonds. The third-order valence-electron chi connectivity index (χ3n) is 3.74. The molecule has 0 radical (unpaired) electrons. The second kappa shape index (κ2) is 5.85. The van der Waals surface area contributed by atoms with Gasteiger partial charge in [0.1, 0.15) is 12.1 Å². The molecule has 1 heterocycles. The van der Waals surface area contributed by atoms with E-state index in [4.69, 9.17) is 4.74 Å². The van der Waals surface area contributed by atoms with Gasteiger partial charge in [-0.15, -0.1) is 0 Å². The van der Waals surface area contributed by atoms with Crippen LogP contribution in [0.1, 0.15) is 32.4 Å². The summed E-state index contributed by atoms with van der Waals surface area (Å²) in [4.78, 5) is 26.7. The van der Waals surface area contributed by atoms with Crippen LogP contribution in [0.4, 0.5) is 0 Å². The molecule has 0 bridgehead atoms. The number of benzene rings is 1. The Morgan fingerprint density at radius 2 is 1.86 bits per heavy atom. The lowest BCUT2D eigenvalue weighted by Crippen LogP contribution is -2.65. The van der Waals surface area contributed by atoms with Gasteiger partial charge in [0.15, 0.2) is 0 Å². The van der Waals surface area contributed by atoms with E-state index < -0.39 is 17.6 Å². The predicted octanol–water partition coefficient (Wildman–Crippen LogP) is 1.50. The molecule has 2 rings (SSSR count). The molecule has 1 aliphatic rings. The number of nitrogens with one attached hydrogen (secondary N) is 1. The van der Waals surface area contributed by atoms with E-state index in [-0.39, 0.29) is 11.8 Å². The second-order valence-corrected chi connectivity index (χ2v) is 6.00. The van der Waals surface area contributed by atoms with Crippen LogP contribution in [0.2, 0.25) is 0 Å². The number of rotatable bonds is 4. The summed E-state index contributed by atoms with van der Waals surface area (Å²) in [6.07, 6.45) is 0. The number of amides is 2. The number of hydrogen-bond acceptors (Lipinski definition) is 3. The number of carbonyl (C=O) groups is 2. The van der Waals surface area contributed by atoms with Gasteiger partial charge < -0.3 is 15.0 Å². The lowest BCUT2D eigenvalue weighted by Gasteiger charge is -2.47. The number of ether oxygens (including phenoxy) is 1. The van der Waals surface area contributed by atoms with E-state index in [2.05, 4.69) is 5.32 Å². The highest BCUT2D eigenvalue weighted by Crippen LogP contribution is 2.32. The van der Waals surface area contributed by atoms with Crippen LogP contribution in [0.3, 0.4) is 0 Å². The van der Waals surface area contributed by atoms with Crippen LogP contribution in [0.15, 0.2) is 30.3 Å². The average Bonchev–Trinajstić information content (AvgIpc) is 2.43. The Balaban J connectivity index is 2.47. The maximum Gasteiger partial charge on any atom is 0.248 e. The predicted molar refractivity (Wildman–Crippen MR) is 79.6 cm³/mol.